The van der Waals surface area contributed by atoms with Crippen molar-refractivity contribution in [1.29, 1.82) is 0 Å². The van der Waals surface area contributed by atoms with Crippen LogP contribution in [0, 0.1) is 13.8 Å². The Balaban J connectivity index is 2.45. The molecule has 2 aromatic carbocycles. The summed E-state index contributed by atoms with van der Waals surface area (Å²) in [4.78, 5) is 0.151. The van der Waals surface area contributed by atoms with Crippen LogP contribution in [0.3, 0.4) is 0 Å². The number of nitrogens with one attached hydrogen (secondary N) is 1. The van der Waals surface area contributed by atoms with Gasteiger partial charge in [-0.15, -0.1) is 0 Å². The van der Waals surface area contributed by atoms with Gasteiger partial charge in [0.1, 0.15) is 5.75 Å². The van der Waals surface area contributed by atoms with Gasteiger partial charge in [-0.2, -0.15) is 0 Å². The number of sulfonamides is 1. The fourth-order valence-electron chi connectivity index (χ4n) is 1.95. The first-order valence-electron chi connectivity index (χ1n) is 6.27. The Morgan fingerprint density at radius 2 is 1.81 bits per heavy atom. The maximum Gasteiger partial charge on any atom is 0.262 e. The van der Waals surface area contributed by atoms with E-state index in [1.165, 1.54) is 13.2 Å². The average molecular weight is 326 g/mol. The van der Waals surface area contributed by atoms with Gasteiger partial charge in [-0.25, -0.2) is 8.42 Å². The highest BCUT2D eigenvalue weighted by Gasteiger charge is 2.19. The summed E-state index contributed by atoms with van der Waals surface area (Å²) >= 11 is 5.89. The van der Waals surface area contributed by atoms with E-state index in [4.69, 9.17) is 16.3 Å². The molecule has 0 unspecified atom stereocenters. The molecule has 0 radical (unpaired) electrons. The Morgan fingerprint density at radius 1 is 1.10 bits per heavy atom. The zero-order chi connectivity index (χ0) is 15.6. The molecule has 0 saturated heterocycles. The molecule has 21 heavy (non-hydrogen) atoms. The molecule has 0 aliphatic rings. The Morgan fingerprint density at radius 3 is 2.48 bits per heavy atom. The molecule has 112 valence electrons. The van der Waals surface area contributed by atoms with Crippen LogP contribution < -0.4 is 9.46 Å². The summed E-state index contributed by atoms with van der Waals surface area (Å²) in [6.07, 6.45) is 0. The first-order chi connectivity index (χ1) is 9.83. The van der Waals surface area contributed by atoms with E-state index in [9.17, 15) is 8.42 Å². The molecule has 0 amide bonds. The maximum atomic E-state index is 12.5. The molecular weight excluding hydrogens is 310 g/mol. The molecule has 2 aromatic rings. The predicted molar refractivity (Wildman–Crippen MR) is 84.7 cm³/mol. The van der Waals surface area contributed by atoms with Crippen molar-refractivity contribution in [2.45, 2.75) is 18.7 Å². The summed E-state index contributed by atoms with van der Waals surface area (Å²) in [5.41, 5.74) is 1.99. The number of benzene rings is 2. The third-order valence-electron chi connectivity index (χ3n) is 3.04. The van der Waals surface area contributed by atoms with Crippen LogP contribution in [0.2, 0.25) is 5.02 Å². The smallest absolute Gasteiger partial charge is 0.262 e. The zero-order valence-electron chi connectivity index (χ0n) is 12.0. The molecule has 0 heterocycles. The summed E-state index contributed by atoms with van der Waals surface area (Å²) in [6, 6.07) is 10.0. The molecule has 0 aliphatic heterocycles. The third kappa shape index (κ3) is 3.49. The molecular formula is C15H16ClNO3S. The summed E-state index contributed by atoms with van der Waals surface area (Å²) in [7, 11) is -2.23. The van der Waals surface area contributed by atoms with Gasteiger partial charge in [0.25, 0.3) is 10.0 Å². The highest BCUT2D eigenvalue weighted by molar-refractivity contribution is 7.92. The van der Waals surface area contributed by atoms with E-state index in [1.807, 2.05) is 13.0 Å². The number of aryl methyl sites for hydroxylation is 2. The van der Waals surface area contributed by atoms with E-state index in [0.29, 0.717) is 22.0 Å². The first-order valence-corrected chi connectivity index (χ1v) is 8.13. The highest BCUT2D eigenvalue weighted by atomic mass is 35.5. The van der Waals surface area contributed by atoms with Crippen LogP contribution in [0.25, 0.3) is 0 Å². The molecule has 6 heteroatoms. The molecule has 0 bridgehead atoms. The lowest BCUT2D eigenvalue weighted by Gasteiger charge is -2.14. The lowest BCUT2D eigenvalue weighted by Crippen LogP contribution is -2.15. The van der Waals surface area contributed by atoms with Crippen LogP contribution in [-0.4, -0.2) is 15.5 Å². The van der Waals surface area contributed by atoms with Gasteiger partial charge >= 0.3 is 0 Å². The lowest BCUT2D eigenvalue weighted by atomic mass is 10.2. The Hall–Kier alpha value is -1.72. The van der Waals surface area contributed by atoms with Gasteiger partial charge in [-0.3, -0.25) is 4.72 Å². The highest BCUT2D eigenvalue weighted by Crippen LogP contribution is 2.29. The van der Waals surface area contributed by atoms with Gasteiger partial charge in [0.15, 0.2) is 0 Å². The number of methoxy groups -OCH3 is 1. The topological polar surface area (TPSA) is 55.4 Å². The third-order valence-corrected chi connectivity index (χ3v) is 4.78. The van der Waals surface area contributed by atoms with Crippen molar-refractivity contribution in [3.05, 3.63) is 52.5 Å². The molecule has 0 aliphatic carbocycles. The van der Waals surface area contributed by atoms with E-state index >= 15 is 0 Å². The van der Waals surface area contributed by atoms with Crippen molar-refractivity contribution in [2.24, 2.45) is 0 Å². The monoisotopic (exact) mass is 325 g/mol. The van der Waals surface area contributed by atoms with Crippen LogP contribution >= 0.6 is 11.6 Å². The van der Waals surface area contributed by atoms with Crippen molar-refractivity contribution in [1.82, 2.24) is 0 Å². The first kappa shape index (κ1) is 15.7. The van der Waals surface area contributed by atoms with Gasteiger partial charge in [0, 0.05) is 5.02 Å². The molecule has 0 aromatic heterocycles. The molecule has 0 fully saturated rings. The minimum Gasteiger partial charge on any atom is -0.495 e. The zero-order valence-corrected chi connectivity index (χ0v) is 13.5. The van der Waals surface area contributed by atoms with E-state index in [0.717, 1.165) is 5.56 Å². The van der Waals surface area contributed by atoms with Gasteiger partial charge in [0.2, 0.25) is 0 Å². The summed E-state index contributed by atoms with van der Waals surface area (Å²) in [5.74, 6) is 0.471. The molecule has 1 N–H and O–H groups in total. The average Bonchev–Trinajstić information content (AvgIpc) is 2.43. The van der Waals surface area contributed by atoms with Gasteiger partial charge in [-0.1, -0.05) is 23.7 Å². The summed E-state index contributed by atoms with van der Waals surface area (Å²) in [5, 5.41) is 0.372. The maximum absolute atomic E-state index is 12.5. The van der Waals surface area contributed by atoms with Crippen molar-refractivity contribution in [2.75, 3.05) is 11.8 Å². The normalized spacial score (nSPS) is 11.2. The number of halogens is 1. The lowest BCUT2D eigenvalue weighted by molar-refractivity contribution is 0.416. The molecule has 0 spiro atoms. The second-order valence-corrected chi connectivity index (χ2v) is 6.81. The van der Waals surface area contributed by atoms with E-state index in [1.54, 1.807) is 31.2 Å². The second-order valence-electron chi connectivity index (χ2n) is 4.72. The SMILES string of the molecule is COc1cc(C)ccc1NS(=O)(=O)c1cc(Cl)ccc1C. The van der Waals surface area contributed by atoms with Gasteiger partial charge in [-0.05, 0) is 49.2 Å². The number of ether oxygens (including phenoxy) is 1. The Labute approximate surface area is 129 Å². The largest absolute Gasteiger partial charge is 0.495 e. The van der Waals surface area contributed by atoms with E-state index in [2.05, 4.69) is 4.72 Å². The minimum absolute atomic E-state index is 0.151. The number of hydrogen-bond acceptors (Lipinski definition) is 3. The number of rotatable bonds is 4. The minimum atomic E-state index is -3.73. The van der Waals surface area contributed by atoms with Crippen molar-refractivity contribution < 1.29 is 13.2 Å². The second kappa shape index (κ2) is 5.95. The molecule has 2 rings (SSSR count). The van der Waals surface area contributed by atoms with Crippen LogP contribution in [0.15, 0.2) is 41.3 Å². The fraction of sp³-hybridized carbons (Fsp3) is 0.200. The standard InChI is InChI=1S/C15H16ClNO3S/c1-10-4-7-13(14(8-10)20-3)17-21(18,19)15-9-12(16)6-5-11(15)2/h4-9,17H,1-3H3. The van der Waals surface area contributed by atoms with E-state index in [-0.39, 0.29) is 4.90 Å². The quantitative estimate of drug-likeness (QED) is 0.931. The number of anilines is 1. The van der Waals surface area contributed by atoms with Crippen LogP contribution in [0.1, 0.15) is 11.1 Å². The van der Waals surface area contributed by atoms with Crippen LogP contribution in [-0.2, 0) is 10.0 Å². The van der Waals surface area contributed by atoms with Crippen LogP contribution in [0.4, 0.5) is 5.69 Å². The Kier molecular flexibility index (Phi) is 4.44. The van der Waals surface area contributed by atoms with Gasteiger partial charge in [0.05, 0.1) is 17.7 Å². The Bertz CT molecular complexity index is 772. The van der Waals surface area contributed by atoms with Crippen molar-refractivity contribution >= 4 is 27.3 Å². The molecule has 4 nitrogen and oxygen atoms in total. The van der Waals surface area contributed by atoms with Gasteiger partial charge < -0.3 is 4.74 Å². The summed E-state index contributed by atoms with van der Waals surface area (Å²) in [6.45, 7) is 3.62. The van der Waals surface area contributed by atoms with Crippen LogP contribution in [0.5, 0.6) is 5.75 Å². The van der Waals surface area contributed by atoms with E-state index < -0.39 is 10.0 Å². The van der Waals surface area contributed by atoms with Crippen molar-refractivity contribution in [3.8, 4) is 5.75 Å². The summed E-state index contributed by atoms with van der Waals surface area (Å²) < 4.78 is 32.8. The predicted octanol–water partition coefficient (Wildman–Crippen LogP) is 3.77. The van der Waals surface area contributed by atoms with Crippen molar-refractivity contribution in [3.63, 3.8) is 0 Å². The molecule has 0 saturated carbocycles. The molecule has 0 atom stereocenters. The number of hydrogen-bond donors (Lipinski definition) is 1. The fourth-order valence-corrected chi connectivity index (χ4v) is 3.52.